The fraction of sp³-hybridized carbons (Fsp3) is 0.0345. The molecular formula is C29H20N2O2. The second-order valence-electron chi connectivity index (χ2n) is 8.07. The highest BCUT2D eigenvalue weighted by molar-refractivity contribution is 6.02. The Hall–Kier alpha value is -4.44. The highest BCUT2D eigenvalue weighted by Crippen LogP contribution is 2.39. The lowest BCUT2D eigenvalue weighted by Gasteiger charge is -2.21. The van der Waals surface area contributed by atoms with Gasteiger partial charge in [-0.25, -0.2) is 0 Å². The van der Waals surface area contributed by atoms with E-state index in [1.807, 2.05) is 85.8 Å². The van der Waals surface area contributed by atoms with Crippen molar-refractivity contribution in [2.24, 2.45) is 0 Å². The molecule has 3 heterocycles. The van der Waals surface area contributed by atoms with Crippen LogP contribution in [0.15, 0.2) is 113 Å². The van der Waals surface area contributed by atoms with Crippen molar-refractivity contribution >= 4 is 21.9 Å². The number of rotatable bonds is 3. The van der Waals surface area contributed by atoms with Gasteiger partial charge in [0.25, 0.3) is 5.56 Å². The Bertz CT molecular complexity index is 1680. The van der Waals surface area contributed by atoms with Gasteiger partial charge < -0.3 is 4.42 Å². The standard InChI is InChI=1S/C29H20N2O2/c1-19-14-15-21-13-8-17-30-25(21)26(19)31-27(22-11-6-3-7-12-22)24(20-9-4-2-5-10-20)23-16-18-33-28(23)29(31)32/h2-18H,1H3. The van der Waals surface area contributed by atoms with Crippen LogP contribution in [0.4, 0.5) is 0 Å². The van der Waals surface area contributed by atoms with E-state index in [1.54, 1.807) is 17.0 Å². The van der Waals surface area contributed by atoms with Gasteiger partial charge in [-0.2, -0.15) is 0 Å². The van der Waals surface area contributed by atoms with Gasteiger partial charge >= 0.3 is 0 Å². The maximum atomic E-state index is 14.0. The average molecular weight is 428 g/mol. The molecule has 0 spiro atoms. The molecule has 158 valence electrons. The van der Waals surface area contributed by atoms with E-state index < -0.39 is 0 Å². The first-order valence-corrected chi connectivity index (χ1v) is 10.9. The van der Waals surface area contributed by atoms with E-state index in [2.05, 4.69) is 17.1 Å². The maximum Gasteiger partial charge on any atom is 0.299 e. The third-order valence-electron chi connectivity index (χ3n) is 6.08. The summed E-state index contributed by atoms with van der Waals surface area (Å²) in [7, 11) is 0. The molecule has 0 fully saturated rings. The zero-order valence-corrected chi connectivity index (χ0v) is 18.0. The van der Waals surface area contributed by atoms with Crippen LogP contribution in [-0.4, -0.2) is 9.55 Å². The Balaban J connectivity index is 1.89. The monoisotopic (exact) mass is 428 g/mol. The summed E-state index contributed by atoms with van der Waals surface area (Å²) in [6.07, 6.45) is 3.36. The molecule has 0 aliphatic carbocycles. The number of fused-ring (bicyclic) bond motifs is 2. The van der Waals surface area contributed by atoms with Crippen LogP contribution in [0.25, 0.3) is 49.9 Å². The molecule has 0 saturated heterocycles. The smallest absolute Gasteiger partial charge is 0.299 e. The first-order chi connectivity index (χ1) is 16.2. The average Bonchev–Trinajstić information content (AvgIpc) is 3.36. The van der Waals surface area contributed by atoms with Gasteiger partial charge in [-0.05, 0) is 35.7 Å². The highest BCUT2D eigenvalue weighted by atomic mass is 16.3. The second-order valence-corrected chi connectivity index (χ2v) is 8.07. The van der Waals surface area contributed by atoms with E-state index in [0.29, 0.717) is 5.58 Å². The van der Waals surface area contributed by atoms with Crippen molar-refractivity contribution in [2.75, 3.05) is 0 Å². The zero-order valence-electron chi connectivity index (χ0n) is 18.0. The molecular weight excluding hydrogens is 408 g/mol. The third-order valence-corrected chi connectivity index (χ3v) is 6.08. The van der Waals surface area contributed by atoms with Crippen LogP contribution in [0.3, 0.4) is 0 Å². The lowest BCUT2D eigenvalue weighted by Crippen LogP contribution is -2.22. The number of hydrogen-bond acceptors (Lipinski definition) is 3. The molecule has 6 aromatic rings. The lowest BCUT2D eigenvalue weighted by atomic mass is 9.95. The van der Waals surface area contributed by atoms with Crippen LogP contribution >= 0.6 is 0 Å². The second kappa shape index (κ2) is 7.61. The molecule has 0 saturated carbocycles. The molecule has 0 unspecified atom stereocenters. The predicted molar refractivity (Wildman–Crippen MR) is 133 cm³/mol. The Morgan fingerprint density at radius 1 is 0.788 bits per heavy atom. The minimum absolute atomic E-state index is 0.199. The van der Waals surface area contributed by atoms with E-state index in [1.165, 1.54) is 0 Å². The van der Waals surface area contributed by atoms with Crippen molar-refractivity contribution < 1.29 is 4.42 Å². The number of nitrogens with zero attached hydrogens (tertiary/aromatic N) is 2. The number of hydrogen-bond donors (Lipinski definition) is 0. The Morgan fingerprint density at radius 3 is 2.27 bits per heavy atom. The van der Waals surface area contributed by atoms with Crippen LogP contribution in [-0.2, 0) is 0 Å². The van der Waals surface area contributed by atoms with Crippen LogP contribution in [0.1, 0.15) is 5.56 Å². The molecule has 0 aliphatic rings. The molecule has 0 aliphatic heterocycles. The van der Waals surface area contributed by atoms with Gasteiger partial charge in [-0.15, -0.1) is 0 Å². The molecule has 3 aromatic heterocycles. The first-order valence-electron chi connectivity index (χ1n) is 10.9. The van der Waals surface area contributed by atoms with Crippen molar-refractivity contribution in [3.05, 3.63) is 119 Å². The van der Waals surface area contributed by atoms with Crippen LogP contribution in [0.5, 0.6) is 0 Å². The predicted octanol–water partition coefficient (Wildman–Crippen LogP) is 6.77. The van der Waals surface area contributed by atoms with Gasteiger partial charge in [0.05, 0.1) is 23.2 Å². The topological polar surface area (TPSA) is 48.0 Å². The molecule has 4 heteroatoms. The Kier molecular flexibility index (Phi) is 4.44. The molecule has 4 nitrogen and oxygen atoms in total. The number of aromatic nitrogens is 2. The summed E-state index contributed by atoms with van der Waals surface area (Å²) in [5.74, 6) is 0. The molecule has 0 radical (unpaired) electrons. The largest absolute Gasteiger partial charge is 0.458 e. The maximum absolute atomic E-state index is 14.0. The van der Waals surface area contributed by atoms with Crippen molar-refractivity contribution in [2.45, 2.75) is 6.92 Å². The van der Waals surface area contributed by atoms with E-state index in [-0.39, 0.29) is 5.56 Å². The lowest BCUT2D eigenvalue weighted by molar-refractivity contribution is 0.608. The summed E-state index contributed by atoms with van der Waals surface area (Å²) in [5.41, 5.74) is 6.39. The van der Waals surface area contributed by atoms with Crippen molar-refractivity contribution in [1.29, 1.82) is 0 Å². The van der Waals surface area contributed by atoms with E-state index >= 15 is 0 Å². The van der Waals surface area contributed by atoms with E-state index in [9.17, 15) is 4.79 Å². The summed E-state index contributed by atoms with van der Waals surface area (Å²) >= 11 is 0. The quantitative estimate of drug-likeness (QED) is 0.312. The van der Waals surface area contributed by atoms with Crippen LogP contribution in [0.2, 0.25) is 0 Å². The van der Waals surface area contributed by atoms with Gasteiger partial charge in [0.1, 0.15) is 0 Å². The molecule has 6 rings (SSSR count). The number of pyridine rings is 2. The highest BCUT2D eigenvalue weighted by Gasteiger charge is 2.24. The third kappa shape index (κ3) is 2.99. The number of aryl methyl sites for hydroxylation is 1. The first kappa shape index (κ1) is 19.3. The molecule has 0 amide bonds. The van der Waals surface area contributed by atoms with Gasteiger partial charge in [0.2, 0.25) is 0 Å². The molecule has 3 aromatic carbocycles. The number of furan rings is 1. The van der Waals surface area contributed by atoms with Gasteiger partial charge in [-0.1, -0.05) is 78.9 Å². The minimum Gasteiger partial charge on any atom is -0.458 e. The summed E-state index contributed by atoms with van der Waals surface area (Å²) in [4.78, 5) is 18.7. The van der Waals surface area contributed by atoms with Crippen LogP contribution in [0, 0.1) is 6.92 Å². The summed E-state index contributed by atoms with van der Waals surface area (Å²) in [5, 5.41) is 1.77. The molecule has 0 atom stereocenters. The van der Waals surface area contributed by atoms with Crippen molar-refractivity contribution in [1.82, 2.24) is 9.55 Å². The zero-order chi connectivity index (χ0) is 22.4. The summed E-state index contributed by atoms with van der Waals surface area (Å²) < 4.78 is 7.55. The van der Waals surface area contributed by atoms with Gasteiger partial charge in [0, 0.05) is 22.5 Å². The summed E-state index contributed by atoms with van der Waals surface area (Å²) in [6, 6.07) is 30.1. The molecule has 0 N–H and O–H groups in total. The van der Waals surface area contributed by atoms with E-state index in [0.717, 1.165) is 49.9 Å². The van der Waals surface area contributed by atoms with Crippen molar-refractivity contribution in [3.63, 3.8) is 0 Å². The Morgan fingerprint density at radius 2 is 1.52 bits per heavy atom. The summed E-state index contributed by atoms with van der Waals surface area (Å²) in [6.45, 7) is 2.01. The van der Waals surface area contributed by atoms with Crippen molar-refractivity contribution in [3.8, 4) is 28.1 Å². The SMILES string of the molecule is Cc1ccc2cccnc2c1-n1c(-c2ccccc2)c(-c2ccccc2)c2ccoc2c1=O. The van der Waals surface area contributed by atoms with E-state index in [4.69, 9.17) is 4.42 Å². The molecule has 0 bridgehead atoms. The van der Waals surface area contributed by atoms with Gasteiger partial charge in [0.15, 0.2) is 5.58 Å². The minimum atomic E-state index is -0.199. The van der Waals surface area contributed by atoms with Crippen LogP contribution < -0.4 is 5.56 Å². The Labute approximate surface area is 190 Å². The number of benzene rings is 3. The molecule has 33 heavy (non-hydrogen) atoms. The normalized spacial score (nSPS) is 11.3. The fourth-order valence-corrected chi connectivity index (χ4v) is 4.61. The van der Waals surface area contributed by atoms with Gasteiger partial charge in [-0.3, -0.25) is 14.3 Å². The fourth-order valence-electron chi connectivity index (χ4n) is 4.61.